The van der Waals surface area contributed by atoms with Crippen molar-refractivity contribution in [3.63, 3.8) is 0 Å². The predicted octanol–water partition coefficient (Wildman–Crippen LogP) is 1.10. The monoisotopic (exact) mass is 278 g/mol. The van der Waals surface area contributed by atoms with Crippen molar-refractivity contribution >= 4 is 23.2 Å². The molecule has 0 unspecified atom stereocenters. The van der Waals surface area contributed by atoms with E-state index in [9.17, 15) is 4.79 Å². The van der Waals surface area contributed by atoms with E-state index in [0.717, 1.165) is 17.2 Å². The van der Waals surface area contributed by atoms with Crippen LogP contribution in [0.2, 0.25) is 0 Å². The lowest BCUT2D eigenvalue weighted by molar-refractivity contribution is -0.118. The first-order chi connectivity index (χ1) is 9.16. The van der Waals surface area contributed by atoms with Crippen LogP contribution in [-0.2, 0) is 4.79 Å². The number of likely N-dealkylation sites (N-methyl/N-ethyl adjacent to an activating group) is 1. The molecule has 2 aromatic heterocycles. The first-order valence-electron chi connectivity index (χ1n) is 6.13. The molecule has 0 aliphatic carbocycles. The van der Waals surface area contributed by atoms with Crippen LogP contribution >= 0.6 is 11.8 Å². The summed E-state index contributed by atoms with van der Waals surface area (Å²) >= 11 is 1.45. The fourth-order valence-electron chi connectivity index (χ4n) is 1.63. The molecular formula is C13H18N4OS. The molecule has 0 bridgehead atoms. The van der Waals surface area contributed by atoms with Crippen molar-refractivity contribution in [3.05, 3.63) is 30.6 Å². The van der Waals surface area contributed by atoms with E-state index in [2.05, 4.69) is 10.3 Å². The molecule has 102 valence electrons. The molecule has 19 heavy (non-hydrogen) atoms. The van der Waals surface area contributed by atoms with E-state index in [1.54, 1.807) is 0 Å². The van der Waals surface area contributed by atoms with Gasteiger partial charge in [0.25, 0.3) is 0 Å². The Morgan fingerprint density at radius 3 is 3.11 bits per heavy atom. The van der Waals surface area contributed by atoms with Gasteiger partial charge in [-0.1, -0.05) is 17.8 Å². The number of fused-ring (bicyclic) bond motifs is 1. The van der Waals surface area contributed by atoms with Crippen LogP contribution in [0.3, 0.4) is 0 Å². The molecule has 2 aromatic rings. The number of imidazole rings is 1. The molecule has 0 spiro atoms. The standard InChI is InChI=1S/C13H18N4OS/c1-16(2)8-6-14-12(18)10-19-13-15-9-11-5-3-4-7-17(11)13/h3-5,7,9H,6,8,10H2,1-2H3,(H,14,18). The van der Waals surface area contributed by atoms with Gasteiger partial charge in [-0.05, 0) is 26.2 Å². The summed E-state index contributed by atoms with van der Waals surface area (Å²) in [5, 5.41) is 3.73. The van der Waals surface area contributed by atoms with Gasteiger partial charge in [0.1, 0.15) is 0 Å². The van der Waals surface area contributed by atoms with Crippen LogP contribution in [0.15, 0.2) is 35.7 Å². The number of carbonyl (C=O) groups is 1. The minimum atomic E-state index is 0.0412. The van der Waals surface area contributed by atoms with E-state index in [-0.39, 0.29) is 5.91 Å². The Balaban J connectivity index is 1.83. The maximum atomic E-state index is 11.7. The summed E-state index contributed by atoms with van der Waals surface area (Å²) in [4.78, 5) is 18.0. The van der Waals surface area contributed by atoms with Crippen LogP contribution in [0.1, 0.15) is 0 Å². The summed E-state index contributed by atoms with van der Waals surface area (Å²) in [5.41, 5.74) is 1.04. The third-order valence-electron chi connectivity index (χ3n) is 2.62. The maximum absolute atomic E-state index is 11.7. The van der Waals surface area contributed by atoms with Crippen molar-refractivity contribution in [2.45, 2.75) is 5.16 Å². The molecule has 2 heterocycles. The smallest absolute Gasteiger partial charge is 0.230 e. The summed E-state index contributed by atoms with van der Waals surface area (Å²) in [7, 11) is 3.97. The van der Waals surface area contributed by atoms with Crippen molar-refractivity contribution < 1.29 is 4.79 Å². The Morgan fingerprint density at radius 2 is 2.32 bits per heavy atom. The van der Waals surface area contributed by atoms with Crippen LogP contribution in [0, 0.1) is 0 Å². The lowest BCUT2D eigenvalue weighted by Crippen LogP contribution is -2.32. The number of aromatic nitrogens is 2. The van der Waals surface area contributed by atoms with E-state index >= 15 is 0 Å². The van der Waals surface area contributed by atoms with Gasteiger partial charge in [0.15, 0.2) is 5.16 Å². The molecule has 0 saturated heterocycles. The Bertz CT molecular complexity index is 552. The van der Waals surface area contributed by atoms with Gasteiger partial charge < -0.3 is 10.2 Å². The fraction of sp³-hybridized carbons (Fsp3) is 0.385. The zero-order chi connectivity index (χ0) is 13.7. The van der Waals surface area contributed by atoms with Crippen molar-refractivity contribution in [1.29, 1.82) is 0 Å². The van der Waals surface area contributed by atoms with Crippen LogP contribution in [0.25, 0.3) is 5.52 Å². The number of amides is 1. The summed E-state index contributed by atoms with van der Waals surface area (Å²) in [6.07, 6.45) is 3.76. The number of nitrogens with one attached hydrogen (secondary N) is 1. The Kier molecular flexibility index (Phi) is 4.81. The van der Waals surface area contributed by atoms with Crippen molar-refractivity contribution in [3.8, 4) is 0 Å². The van der Waals surface area contributed by atoms with Gasteiger partial charge in [0.05, 0.1) is 17.5 Å². The van der Waals surface area contributed by atoms with Gasteiger partial charge >= 0.3 is 0 Å². The molecule has 0 saturated carbocycles. The highest BCUT2D eigenvalue weighted by Gasteiger charge is 2.07. The van der Waals surface area contributed by atoms with Gasteiger partial charge in [-0.15, -0.1) is 0 Å². The van der Waals surface area contributed by atoms with E-state index < -0.39 is 0 Å². The highest BCUT2D eigenvalue weighted by atomic mass is 32.2. The average Bonchev–Trinajstić information content (AvgIpc) is 2.79. The van der Waals surface area contributed by atoms with E-state index in [1.165, 1.54) is 11.8 Å². The third-order valence-corrected chi connectivity index (χ3v) is 3.59. The lowest BCUT2D eigenvalue weighted by Gasteiger charge is -2.10. The maximum Gasteiger partial charge on any atom is 0.230 e. The third kappa shape index (κ3) is 3.97. The van der Waals surface area contributed by atoms with Crippen LogP contribution in [0.4, 0.5) is 0 Å². The lowest BCUT2D eigenvalue weighted by atomic mass is 10.4. The second-order valence-electron chi connectivity index (χ2n) is 4.48. The molecule has 0 aliphatic heterocycles. The fourth-order valence-corrected chi connectivity index (χ4v) is 2.42. The van der Waals surface area contributed by atoms with Crippen LogP contribution < -0.4 is 5.32 Å². The number of pyridine rings is 1. The number of thioether (sulfide) groups is 1. The molecule has 1 N–H and O–H groups in total. The SMILES string of the molecule is CN(C)CCNC(=O)CSc1ncc2ccccn12. The first kappa shape index (κ1) is 13.9. The van der Waals surface area contributed by atoms with Crippen molar-refractivity contribution in [2.24, 2.45) is 0 Å². The molecule has 5 nitrogen and oxygen atoms in total. The van der Waals surface area contributed by atoms with Gasteiger partial charge in [-0.2, -0.15) is 0 Å². The zero-order valence-corrected chi connectivity index (χ0v) is 12.0. The molecule has 0 radical (unpaired) electrons. The number of rotatable bonds is 6. The Labute approximate surface area is 117 Å². The minimum Gasteiger partial charge on any atom is -0.354 e. The summed E-state index contributed by atoms with van der Waals surface area (Å²) in [5.74, 6) is 0.432. The number of carbonyl (C=O) groups excluding carboxylic acids is 1. The van der Waals surface area contributed by atoms with Gasteiger partial charge in [0, 0.05) is 19.3 Å². The summed E-state index contributed by atoms with van der Waals surface area (Å²) in [6.45, 7) is 1.53. The molecule has 2 rings (SSSR count). The average molecular weight is 278 g/mol. The first-order valence-corrected chi connectivity index (χ1v) is 7.11. The van der Waals surface area contributed by atoms with E-state index in [0.29, 0.717) is 12.3 Å². The molecule has 0 aromatic carbocycles. The van der Waals surface area contributed by atoms with Gasteiger partial charge in [-0.3, -0.25) is 9.20 Å². The highest BCUT2D eigenvalue weighted by Crippen LogP contribution is 2.17. The molecule has 0 aliphatic rings. The van der Waals surface area contributed by atoms with Gasteiger partial charge in [-0.25, -0.2) is 4.98 Å². The summed E-state index contributed by atoms with van der Waals surface area (Å²) in [6, 6.07) is 5.92. The molecule has 6 heteroatoms. The normalized spacial score (nSPS) is 11.1. The second kappa shape index (κ2) is 6.58. The molecular weight excluding hydrogens is 260 g/mol. The van der Waals surface area contributed by atoms with Crippen molar-refractivity contribution in [2.75, 3.05) is 32.9 Å². The van der Waals surface area contributed by atoms with E-state index in [1.807, 2.05) is 54.0 Å². The van der Waals surface area contributed by atoms with Gasteiger partial charge in [0.2, 0.25) is 5.91 Å². The predicted molar refractivity (Wildman–Crippen MR) is 77.5 cm³/mol. The Morgan fingerprint density at radius 1 is 1.47 bits per heavy atom. The topological polar surface area (TPSA) is 49.6 Å². The number of nitrogens with zero attached hydrogens (tertiary/aromatic N) is 3. The van der Waals surface area contributed by atoms with Crippen molar-refractivity contribution in [1.82, 2.24) is 19.6 Å². The zero-order valence-electron chi connectivity index (χ0n) is 11.2. The minimum absolute atomic E-state index is 0.0412. The molecule has 0 fully saturated rings. The summed E-state index contributed by atoms with van der Waals surface area (Å²) < 4.78 is 1.98. The van der Waals surface area contributed by atoms with E-state index in [4.69, 9.17) is 0 Å². The largest absolute Gasteiger partial charge is 0.354 e. The van der Waals surface area contributed by atoms with Crippen LogP contribution in [0.5, 0.6) is 0 Å². The van der Waals surface area contributed by atoms with Crippen LogP contribution in [-0.4, -0.2) is 53.1 Å². The molecule has 1 amide bonds. The second-order valence-corrected chi connectivity index (χ2v) is 5.42. The quantitative estimate of drug-likeness (QED) is 0.804. The molecule has 0 atom stereocenters. The number of hydrogen-bond acceptors (Lipinski definition) is 4. The Hall–Kier alpha value is -1.53. The highest BCUT2D eigenvalue weighted by molar-refractivity contribution is 7.99. The number of hydrogen-bond donors (Lipinski definition) is 1.